The molecule has 10 rings (SSSR count). The molecule has 0 amide bonds. The lowest BCUT2D eigenvalue weighted by molar-refractivity contribution is 0.303. The van der Waals surface area contributed by atoms with Crippen LogP contribution in [0.2, 0.25) is 0 Å². The first kappa shape index (κ1) is 26.1. The van der Waals surface area contributed by atoms with E-state index in [1.165, 1.54) is 21.9 Å². The maximum absolute atomic E-state index is 6.63. The molecule has 2 nitrogen and oxygen atoms in total. The maximum Gasteiger partial charge on any atom is 0.128 e. The molecule has 0 saturated carbocycles. The van der Waals surface area contributed by atoms with E-state index in [0.717, 1.165) is 61.1 Å². The van der Waals surface area contributed by atoms with Gasteiger partial charge >= 0.3 is 0 Å². The van der Waals surface area contributed by atoms with Gasteiger partial charge in [0.1, 0.15) is 24.7 Å². The van der Waals surface area contributed by atoms with Crippen molar-refractivity contribution < 1.29 is 9.47 Å². The molecule has 0 fully saturated rings. The van der Waals surface area contributed by atoms with Crippen LogP contribution in [-0.2, 0) is 24.7 Å². The van der Waals surface area contributed by atoms with E-state index in [1.807, 2.05) is 23.5 Å². The third-order valence-corrected chi connectivity index (χ3v) is 9.98. The summed E-state index contributed by atoms with van der Waals surface area (Å²) in [6.07, 6.45) is 0. The molecule has 4 bridgehead atoms. The van der Waals surface area contributed by atoms with Gasteiger partial charge in [-0.25, -0.2) is 0 Å². The van der Waals surface area contributed by atoms with Gasteiger partial charge in [-0.1, -0.05) is 109 Å². The minimum atomic E-state index is 0.502. The zero-order chi connectivity index (χ0) is 27.4. The van der Waals surface area contributed by atoms with Crippen LogP contribution in [0.1, 0.15) is 22.3 Å². The molecule has 0 saturated heterocycles. The molecule has 4 aliphatic rings. The number of rotatable bonds is 0. The zero-order valence-corrected chi connectivity index (χ0v) is 24.3. The van der Waals surface area contributed by atoms with Crippen molar-refractivity contribution in [3.63, 3.8) is 0 Å². The van der Waals surface area contributed by atoms with E-state index in [-0.39, 0.29) is 0 Å². The predicted octanol–water partition coefficient (Wildman–Crippen LogP) is 10.3. The van der Waals surface area contributed by atoms with Gasteiger partial charge in [0, 0.05) is 27.7 Å². The smallest absolute Gasteiger partial charge is 0.128 e. The van der Waals surface area contributed by atoms with Crippen molar-refractivity contribution >= 4 is 45.1 Å². The highest BCUT2D eigenvalue weighted by Crippen LogP contribution is 2.46. The highest BCUT2D eigenvalue weighted by Gasteiger charge is 2.19. The number of fused-ring (bicyclic) bond motifs is 2. The average molecular weight is 571 g/mol. The first-order chi connectivity index (χ1) is 20.3. The van der Waals surface area contributed by atoms with E-state index < -0.39 is 0 Å². The molecule has 0 atom stereocenters. The fraction of sp³-hybridized carbons (Fsp3) is 0.135. The van der Waals surface area contributed by atoms with Crippen LogP contribution < -0.4 is 9.47 Å². The summed E-state index contributed by atoms with van der Waals surface area (Å²) in [4.78, 5) is 0. The molecule has 6 aromatic carbocycles. The molecule has 0 aliphatic carbocycles. The summed E-state index contributed by atoms with van der Waals surface area (Å²) in [6, 6.07) is 43.3. The number of thioether (sulfide) groups is 2. The van der Waals surface area contributed by atoms with Gasteiger partial charge in [-0.2, -0.15) is 0 Å². The quantitative estimate of drug-likeness (QED) is 0.181. The van der Waals surface area contributed by atoms with Crippen LogP contribution in [-0.4, -0.2) is 5.08 Å². The molecule has 0 unspecified atom stereocenters. The maximum atomic E-state index is 6.63. The molecule has 6 aromatic rings. The van der Waals surface area contributed by atoms with Crippen molar-refractivity contribution in [3.05, 3.63) is 144 Å². The van der Waals surface area contributed by atoms with Gasteiger partial charge in [-0.3, -0.25) is 0 Å². The van der Waals surface area contributed by atoms with E-state index in [9.17, 15) is 0 Å². The first-order valence-electron chi connectivity index (χ1n) is 13.9. The Morgan fingerprint density at radius 1 is 0.415 bits per heavy atom. The van der Waals surface area contributed by atoms with E-state index in [1.54, 1.807) is 0 Å². The summed E-state index contributed by atoms with van der Waals surface area (Å²) in [5.41, 5.74) is 7.16. The molecule has 0 spiro atoms. The Balaban J connectivity index is 1.39. The third kappa shape index (κ3) is 5.68. The predicted molar refractivity (Wildman–Crippen MR) is 176 cm³/mol. The Bertz CT molecular complexity index is 1680. The van der Waals surface area contributed by atoms with Gasteiger partial charge in [0.2, 0.25) is 0 Å². The average Bonchev–Trinajstić information content (AvgIpc) is 3.03. The van der Waals surface area contributed by atoms with Gasteiger partial charge in [0.15, 0.2) is 0 Å². The highest BCUT2D eigenvalue weighted by atomic mass is 32.2. The molecule has 0 aromatic heterocycles. The van der Waals surface area contributed by atoms with E-state index >= 15 is 0 Å². The lowest BCUT2D eigenvalue weighted by Gasteiger charge is -2.20. The molecule has 4 heteroatoms. The fourth-order valence-electron chi connectivity index (χ4n) is 5.42. The SMILES string of the molecule is c1ccc2c3c(ccc2c1)OCc1ccc(cc1)CSCSCc1ccc(cc1)COc1ccc2ccccc2c1-3. The lowest BCUT2D eigenvalue weighted by Crippen LogP contribution is -2.01. The van der Waals surface area contributed by atoms with Crippen LogP contribution in [0.3, 0.4) is 0 Å². The summed E-state index contributed by atoms with van der Waals surface area (Å²) in [7, 11) is 0. The zero-order valence-electron chi connectivity index (χ0n) is 22.7. The van der Waals surface area contributed by atoms with Gasteiger partial charge in [-0.15, -0.1) is 23.5 Å². The fourth-order valence-corrected chi connectivity index (χ4v) is 7.42. The minimum Gasteiger partial charge on any atom is -0.488 e. The molecule has 0 N–H and O–H groups in total. The van der Waals surface area contributed by atoms with Crippen molar-refractivity contribution in [2.45, 2.75) is 24.7 Å². The Hall–Kier alpha value is -3.86. The molecular formula is C37H30O2S2. The Labute approximate surface area is 249 Å². The van der Waals surface area contributed by atoms with Crippen LogP contribution >= 0.6 is 23.5 Å². The summed E-state index contributed by atoms with van der Waals surface area (Å²) < 4.78 is 13.3. The topological polar surface area (TPSA) is 18.5 Å². The molecule has 4 heterocycles. The van der Waals surface area contributed by atoms with Gasteiger partial charge in [0.05, 0.1) is 0 Å². The monoisotopic (exact) mass is 570 g/mol. The third-order valence-electron chi connectivity index (χ3n) is 7.57. The van der Waals surface area contributed by atoms with Gasteiger partial charge < -0.3 is 9.47 Å². The Morgan fingerprint density at radius 2 is 0.829 bits per heavy atom. The second kappa shape index (κ2) is 11.9. The van der Waals surface area contributed by atoms with E-state index in [4.69, 9.17) is 9.47 Å². The minimum absolute atomic E-state index is 0.502. The van der Waals surface area contributed by atoms with Crippen molar-refractivity contribution in [2.24, 2.45) is 0 Å². The van der Waals surface area contributed by atoms with Crippen LogP contribution in [0.25, 0.3) is 32.7 Å². The number of ether oxygens (including phenoxy) is 2. The van der Waals surface area contributed by atoms with Crippen LogP contribution in [0.5, 0.6) is 11.5 Å². The molecule has 41 heavy (non-hydrogen) atoms. The molecule has 0 radical (unpaired) electrons. The molecule has 202 valence electrons. The second-order valence-electron chi connectivity index (χ2n) is 10.3. The largest absolute Gasteiger partial charge is 0.488 e. The standard InChI is InChI=1S/C37H30O2S2/c1-3-7-32-30(5-1)17-19-34-36(32)37-33-8-4-2-6-31(33)18-20-35(37)39-22-27-11-15-29(16-12-27)24-41-25-40-23-28-13-9-26(10-14-28)21-38-34/h1-20H,21-25H2. The number of hydrogen-bond acceptors (Lipinski definition) is 4. The molecule has 4 aliphatic heterocycles. The van der Waals surface area contributed by atoms with Crippen molar-refractivity contribution in [3.8, 4) is 22.6 Å². The Morgan fingerprint density at radius 3 is 1.29 bits per heavy atom. The van der Waals surface area contributed by atoms with Gasteiger partial charge in [0.25, 0.3) is 0 Å². The van der Waals surface area contributed by atoms with E-state index in [2.05, 4.69) is 121 Å². The summed E-state index contributed by atoms with van der Waals surface area (Å²) in [6.45, 7) is 1.00. The summed E-state index contributed by atoms with van der Waals surface area (Å²) in [5, 5.41) is 5.73. The number of hydrogen-bond donors (Lipinski definition) is 0. The molecular weight excluding hydrogens is 541 g/mol. The summed E-state index contributed by atoms with van der Waals surface area (Å²) in [5.74, 6) is 3.75. The van der Waals surface area contributed by atoms with E-state index in [0.29, 0.717) is 13.2 Å². The first-order valence-corrected chi connectivity index (χ1v) is 16.2. The highest BCUT2D eigenvalue weighted by molar-refractivity contribution is 8.15. The van der Waals surface area contributed by atoms with Crippen LogP contribution in [0, 0.1) is 0 Å². The van der Waals surface area contributed by atoms with Crippen LogP contribution in [0.15, 0.2) is 121 Å². The van der Waals surface area contributed by atoms with Crippen LogP contribution in [0.4, 0.5) is 0 Å². The van der Waals surface area contributed by atoms with Crippen molar-refractivity contribution in [2.75, 3.05) is 5.08 Å². The lowest BCUT2D eigenvalue weighted by atomic mass is 9.92. The van der Waals surface area contributed by atoms with Gasteiger partial charge in [-0.05, 0) is 55.9 Å². The Kier molecular flexibility index (Phi) is 7.59. The number of benzene rings is 6. The van der Waals surface area contributed by atoms with Crippen molar-refractivity contribution in [1.82, 2.24) is 0 Å². The normalized spacial score (nSPS) is 14.0. The summed E-state index contributed by atoms with van der Waals surface area (Å²) >= 11 is 3.94. The van der Waals surface area contributed by atoms with Crippen molar-refractivity contribution in [1.29, 1.82) is 0 Å². The second-order valence-corrected chi connectivity index (χ2v) is 12.7.